The Bertz CT molecular complexity index is 945. The van der Waals surface area contributed by atoms with Crippen molar-refractivity contribution < 1.29 is 4.79 Å². The van der Waals surface area contributed by atoms with Crippen molar-refractivity contribution in [2.45, 2.75) is 24.8 Å². The van der Waals surface area contributed by atoms with Crippen molar-refractivity contribution in [3.8, 4) is 6.07 Å². The van der Waals surface area contributed by atoms with Crippen LogP contribution in [-0.4, -0.2) is 16.1 Å². The van der Waals surface area contributed by atoms with Crippen molar-refractivity contribution in [3.63, 3.8) is 0 Å². The molecule has 4 nitrogen and oxygen atoms in total. The zero-order valence-corrected chi connectivity index (χ0v) is 12.6. The van der Waals surface area contributed by atoms with Crippen LogP contribution in [0.15, 0.2) is 48.7 Å². The number of carbonyl (C=O) groups excluding carboxylic acids is 1. The predicted molar refractivity (Wildman–Crippen MR) is 87.2 cm³/mol. The molecule has 0 amide bonds. The molecule has 1 aliphatic carbocycles. The van der Waals surface area contributed by atoms with Crippen LogP contribution in [0.1, 0.15) is 34.3 Å². The van der Waals surface area contributed by atoms with Gasteiger partial charge in [0, 0.05) is 17.1 Å². The molecule has 0 saturated heterocycles. The first-order valence-electron chi connectivity index (χ1n) is 7.66. The first-order chi connectivity index (χ1) is 11.2. The highest BCUT2D eigenvalue weighted by Gasteiger charge is 2.46. The molecule has 0 N–H and O–H groups in total. The molecule has 1 aromatic heterocycles. The van der Waals surface area contributed by atoms with Gasteiger partial charge in [-0.2, -0.15) is 10.4 Å². The SMILES string of the molecule is N#CC1(c2ccccc2Cn2cc3cc(C=O)ccc3n2)CC1. The summed E-state index contributed by atoms with van der Waals surface area (Å²) in [7, 11) is 0. The van der Waals surface area contributed by atoms with E-state index in [-0.39, 0.29) is 5.41 Å². The monoisotopic (exact) mass is 301 g/mol. The van der Waals surface area contributed by atoms with E-state index in [9.17, 15) is 10.1 Å². The van der Waals surface area contributed by atoms with E-state index in [2.05, 4.69) is 23.3 Å². The molecule has 1 heterocycles. The number of hydrogen-bond acceptors (Lipinski definition) is 3. The fourth-order valence-electron chi connectivity index (χ4n) is 3.12. The molecule has 4 rings (SSSR count). The number of hydrogen-bond donors (Lipinski definition) is 0. The normalized spacial score (nSPS) is 15.3. The van der Waals surface area contributed by atoms with E-state index >= 15 is 0 Å². The number of rotatable bonds is 4. The van der Waals surface area contributed by atoms with E-state index in [1.807, 2.05) is 35.1 Å². The first-order valence-corrected chi connectivity index (χ1v) is 7.66. The molecule has 1 saturated carbocycles. The van der Waals surface area contributed by atoms with Crippen molar-refractivity contribution in [2.24, 2.45) is 0 Å². The Balaban J connectivity index is 1.72. The molecule has 0 atom stereocenters. The number of aldehydes is 1. The Morgan fingerprint density at radius 1 is 1.26 bits per heavy atom. The Labute approximate surface area is 134 Å². The molecule has 4 heteroatoms. The third-order valence-corrected chi connectivity index (χ3v) is 4.54. The third-order valence-electron chi connectivity index (χ3n) is 4.54. The predicted octanol–water partition coefficient (Wildman–Crippen LogP) is 3.45. The highest BCUT2D eigenvalue weighted by Crippen LogP contribution is 2.48. The minimum absolute atomic E-state index is 0.298. The van der Waals surface area contributed by atoms with Crippen molar-refractivity contribution in [1.29, 1.82) is 5.26 Å². The second kappa shape index (κ2) is 5.06. The average molecular weight is 301 g/mol. The fourth-order valence-corrected chi connectivity index (χ4v) is 3.12. The minimum Gasteiger partial charge on any atom is -0.298 e. The molecule has 2 aromatic carbocycles. The molecular weight excluding hydrogens is 286 g/mol. The molecule has 1 fully saturated rings. The molecule has 0 unspecified atom stereocenters. The average Bonchev–Trinajstić information content (AvgIpc) is 3.28. The molecule has 3 aromatic rings. The van der Waals surface area contributed by atoms with Crippen LogP contribution in [0.3, 0.4) is 0 Å². The van der Waals surface area contributed by atoms with E-state index in [0.29, 0.717) is 12.1 Å². The van der Waals surface area contributed by atoms with Gasteiger partial charge in [0.2, 0.25) is 0 Å². The summed E-state index contributed by atoms with van der Waals surface area (Å²) in [5.74, 6) is 0. The van der Waals surface area contributed by atoms with E-state index < -0.39 is 0 Å². The molecule has 0 bridgehead atoms. The summed E-state index contributed by atoms with van der Waals surface area (Å²) in [4.78, 5) is 10.9. The van der Waals surface area contributed by atoms with Crippen LogP contribution >= 0.6 is 0 Å². The van der Waals surface area contributed by atoms with Gasteiger partial charge in [0.25, 0.3) is 0 Å². The maximum atomic E-state index is 10.9. The summed E-state index contributed by atoms with van der Waals surface area (Å²) in [6.45, 7) is 0.630. The summed E-state index contributed by atoms with van der Waals surface area (Å²) >= 11 is 0. The van der Waals surface area contributed by atoms with Gasteiger partial charge in [-0.05, 0) is 42.2 Å². The lowest BCUT2D eigenvalue weighted by atomic mass is 9.92. The Morgan fingerprint density at radius 2 is 2.09 bits per heavy atom. The molecule has 23 heavy (non-hydrogen) atoms. The zero-order valence-electron chi connectivity index (χ0n) is 12.6. The summed E-state index contributed by atoms with van der Waals surface area (Å²) in [6, 6.07) is 16.1. The summed E-state index contributed by atoms with van der Waals surface area (Å²) in [5.41, 5.74) is 3.48. The Kier molecular flexibility index (Phi) is 3.02. The van der Waals surface area contributed by atoms with Crippen LogP contribution in [0.5, 0.6) is 0 Å². The first kappa shape index (κ1) is 13.7. The molecule has 0 radical (unpaired) electrons. The van der Waals surface area contributed by atoms with Crippen molar-refractivity contribution >= 4 is 17.2 Å². The van der Waals surface area contributed by atoms with E-state index in [1.54, 1.807) is 6.07 Å². The van der Waals surface area contributed by atoms with Crippen molar-refractivity contribution in [2.75, 3.05) is 0 Å². The largest absolute Gasteiger partial charge is 0.298 e. The third kappa shape index (κ3) is 2.31. The lowest BCUT2D eigenvalue weighted by molar-refractivity contribution is 0.112. The second-order valence-corrected chi connectivity index (χ2v) is 6.11. The number of fused-ring (bicyclic) bond motifs is 1. The Morgan fingerprint density at radius 3 is 2.83 bits per heavy atom. The minimum atomic E-state index is -0.298. The summed E-state index contributed by atoms with van der Waals surface area (Å²) < 4.78 is 1.88. The number of nitriles is 1. The van der Waals surface area contributed by atoms with Gasteiger partial charge in [-0.15, -0.1) is 0 Å². The highest BCUT2D eigenvalue weighted by molar-refractivity contribution is 5.86. The van der Waals surface area contributed by atoms with Gasteiger partial charge >= 0.3 is 0 Å². The van der Waals surface area contributed by atoms with Crippen molar-refractivity contribution in [3.05, 3.63) is 65.4 Å². The molecule has 0 spiro atoms. The van der Waals surface area contributed by atoms with Crippen LogP contribution in [-0.2, 0) is 12.0 Å². The highest BCUT2D eigenvalue weighted by atomic mass is 16.1. The molecule has 1 aliphatic rings. The maximum absolute atomic E-state index is 10.9. The van der Waals surface area contributed by atoms with Gasteiger partial charge in [0.15, 0.2) is 0 Å². The van der Waals surface area contributed by atoms with Gasteiger partial charge < -0.3 is 0 Å². The van der Waals surface area contributed by atoms with E-state index in [4.69, 9.17) is 0 Å². The molecule has 0 aliphatic heterocycles. The lowest BCUT2D eigenvalue weighted by Gasteiger charge is -2.13. The lowest BCUT2D eigenvalue weighted by Crippen LogP contribution is -2.10. The molecule has 112 valence electrons. The number of aromatic nitrogens is 2. The van der Waals surface area contributed by atoms with E-state index in [1.165, 1.54) is 0 Å². The van der Waals surface area contributed by atoms with Gasteiger partial charge in [-0.1, -0.05) is 24.3 Å². The van der Waals surface area contributed by atoms with Crippen LogP contribution in [0.25, 0.3) is 10.9 Å². The van der Waals surface area contributed by atoms with Crippen LogP contribution in [0, 0.1) is 11.3 Å². The second-order valence-electron chi connectivity index (χ2n) is 6.11. The smallest absolute Gasteiger partial charge is 0.150 e. The zero-order chi connectivity index (χ0) is 15.9. The van der Waals surface area contributed by atoms with Gasteiger partial charge in [0.05, 0.1) is 23.5 Å². The number of nitrogens with zero attached hydrogens (tertiary/aromatic N) is 3. The number of benzene rings is 2. The van der Waals surface area contributed by atoms with Crippen molar-refractivity contribution in [1.82, 2.24) is 9.78 Å². The summed E-state index contributed by atoms with van der Waals surface area (Å²) in [5, 5.41) is 15.0. The molecular formula is C19H15N3O. The standard InChI is InChI=1S/C19H15N3O/c20-13-19(7-8-19)17-4-2-1-3-15(17)10-22-11-16-9-14(12-23)5-6-18(16)21-22/h1-6,9,11-12H,7-8,10H2. The van der Waals surface area contributed by atoms with Gasteiger partial charge in [0.1, 0.15) is 6.29 Å². The van der Waals surface area contributed by atoms with Crippen LogP contribution < -0.4 is 0 Å². The van der Waals surface area contributed by atoms with E-state index in [0.717, 1.165) is 41.2 Å². The van der Waals surface area contributed by atoms with Crippen LogP contribution in [0.2, 0.25) is 0 Å². The van der Waals surface area contributed by atoms with Gasteiger partial charge in [-0.3, -0.25) is 9.48 Å². The van der Waals surface area contributed by atoms with Crippen LogP contribution in [0.4, 0.5) is 0 Å². The Hall–Kier alpha value is -2.93. The number of carbonyl (C=O) groups is 1. The topological polar surface area (TPSA) is 58.7 Å². The summed E-state index contributed by atoms with van der Waals surface area (Å²) in [6.07, 6.45) is 4.66. The van der Waals surface area contributed by atoms with Gasteiger partial charge in [-0.25, -0.2) is 0 Å². The maximum Gasteiger partial charge on any atom is 0.150 e. The quantitative estimate of drug-likeness (QED) is 0.693. The fraction of sp³-hybridized carbons (Fsp3) is 0.211.